The first kappa shape index (κ1) is 16.3. The lowest BCUT2D eigenvalue weighted by Gasteiger charge is -2.23. The predicted octanol–water partition coefficient (Wildman–Crippen LogP) is 4.06. The molecule has 2 N–H and O–H groups in total. The lowest BCUT2D eigenvalue weighted by atomic mass is 10.0. The summed E-state index contributed by atoms with van der Waals surface area (Å²) in [5, 5.41) is 0. The van der Waals surface area contributed by atoms with E-state index < -0.39 is 0 Å². The Hall–Kier alpha value is -0.0300. The third-order valence-corrected chi connectivity index (χ3v) is 5.83. The molecule has 1 saturated heterocycles. The summed E-state index contributed by atoms with van der Waals surface area (Å²) < 4.78 is 1.54. The van der Waals surface area contributed by atoms with Gasteiger partial charge < -0.3 is 10.6 Å². The van der Waals surface area contributed by atoms with Crippen molar-refractivity contribution in [3.8, 4) is 0 Å². The van der Waals surface area contributed by atoms with Crippen molar-refractivity contribution in [2.24, 2.45) is 5.73 Å². The average Bonchev–Trinajstić information content (AvgIpc) is 2.57. The normalized spacial score (nSPS) is 21.4. The van der Waals surface area contributed by atoms with Gasteiger partial charge >= 0.3 is 0 Å². The Morgan fingerprint density at radius 3 is 2.95 bits per heavy atom. The zero-order valence-electron chi connectivity index (χ0n) is 12.4. The van der Waals surface area contributed by atoms with Gasteiger partial charge in [-0.05, 0) is 43.6 Å². The first-order valence-electron chi connectivity index (χ1n) is 7.34. The van der Waals surface area contributed by atoms with Crippen LogP contribution in [0.5, 0.6) is 0 Å². The van der Waals surface area contributed by atoms with Crippen LogP contribution in [0.15, 0.2) is 28.7 Å². The minimum atomic E-state index is 0.136. The minimum absolute atomic E-state index is 0.136. The van der Waals surface area contributed by atoms with Gasteiger partial charge in [-0.15, -0.1) is 0 Å². The highest BCUT2D eigenvalue weighted by Crippen LogP contribution is 2.30. The molecule has 0 saturated carbocycles. The molecule has 0 bridgehead atoms. The molecule has 1 aromatic carbocycles. The van der Waals surface area contributed by atoms with Crippen LogP contribution in [-0.2, 0) is 0 Å². The smallest absolute Gasteiger partial charge is 0.0307 e. The van der Waals surface area contributed by atoms with Gasteiger partial charge in [0.05, 0.1) is 0 Å². The van der Waals surface area contributed by atoms with Gasteiger partial charge in [-0.25, -0.2) is 0 Å². The number of rotatable bonds is 4. The van der Waals surface area contributed by atoms with E-state index in [2.05, 4.69) is 64.6 Å². The number of halogens is 1. The van der Waals surface area contributed by atoms with Crippen LogP contribution in [0.2, 0.25) is 0 Å². The summed E-state index contributed by atoms with van der Waals surface area (Å²) >= 11 is 5.61. The van der Waals surface area contributed by atoms with Gasteiger partial charge in [0, 0.05) is 27.6 Å². The highest BCUT2D eigenvalue weighted by Gasteiger charge is 2.23. The Balaban J connectivity index is 1.83. The van der Waals surface area contributed by atoms with Crippen LogP contribution in [0.3, 0.4) is 0 Å². The van der Waals surface area contributed by atoms with E-state index in [1.165, 1.54) is 30.8 Å². The van der Waals surface area contributed by atoms with Gasteiger partial charge in [-0.2, -0.15) is 11.8 Å². The summed E-state index contributed by atoms with van der Waals surface area (Å²) in [7, 11) is 0. The molecule has 2 nitrogen and oxygen atoms in total. The second kappa shape index (κ2) is 7.30. The third kappa shape index (κ3) is 5.06. The zero-order valence-corrected chi connectivity index (χ0v) is 14.8. The highest BCUT2D eigenvalue weighted by atomic mass is 79.9. The average molecular weight is 357 g/mol. The molecule has 1 aromatic rings. The number of hydrogen-bond acceptors (Lipinski definition) is 3. The molecule has 0 radical (unpaired) electrons. The van der Waals surface area contributed by atoms with Crippen LogP contribution < -0.4 is 5.73 Å². The maximum absolute atomic E-state index is 6.32. The van der Waals surface area contributed by atoms with Crippen molar-refractivity contribution in [2.45, 2.75) is 37.5 Å². The second-order valence-corrected chi connectivity index (χ2v) is 8.87. The van der Waals surface area contributed by atoms with Crippen molar-refractivity contribution in [1.29, 1.82) is 0 Å². The largest absolute Gasteiger partial charge is 0.324 e. The van der Waals surface area contributed by atoms with Crippen molar-refractivity contribution >= 4 is 27.7 Å². The van der Waals surface area contributed by atoms with E-state index in [1.54, 1.807) is 0 Å². The molecule has 0 amide bonds. The topological polar surface area (TPSA) is 29.3 Å². The first-order chi connectivity index (χ1) is 9.46. The molecule has 1 atom stereocenters. The monoisotopic (exact) mass is 356 g/mol. The van der Waals surface area contributed by atoms with E-state index >= 15 is 0 Å². The van der Waals surface area contributed by atoms with Gasteiger partial charge in [0.1, 0.15) is 0 Å². The number of thioether (sulfide) groups is 1. The fraction of sp³-hybridized carbons (Fsp3) is 0.625. The fourth-order valence-electron chi connectivity index (χ4n) is 2.51. The molecule has 112 valence electrons. The summed E-state index contributed by atoms with van der Waals surface area (Å²) in [5.74, 6) is 1.24. The fourth-order valence-corrected chi connectivity index (χ4v) is 4.07. The standard InChI is InChI=1S/C16H25BrN2S/c1-16(2)7-9-19(10-11-20-16)8-6-15(18)13-4-3-5-14(17)12-13/h3-5,12,15H,6-11,18H2,1-2H3. The summed E-state index contributed by atoms with van der Waals surface area (Å²) in [6, 6.07) is 8.49. The Labute approximate surface area is 135 Å². The minimum Gasteiger partial charge on any atom is -0.324 e. The van der Waals surface area contributed by atoms with Crippen molar-refractivity contribution in [1.82, 2.24) is 4.90 Å². The molecular formula is C16H25BrN2S. The Bertz CT molecular complexity index is 436. The molecule has 1 heterocycles. The summed E-state index contributed by atoms with van der Waals surface area (Å²) in [6.45, 7) is 8.21. The van der Waals surface area contributed by atoms with E-state index in [9.17, 15) is 0 Å². The SMILES string of the molecule is CC1(C)CCN(CCC(N)c2cccc(Br)c2)CCS1. The van der Waals surface area contributed by atoms with Gasteiger partial charge in [0.25, 0.3) is 0 Å². The lowest BCUT2D eigenvalue weighted by Crippen LogP contribution is -2.30. The second-order valence-electron chi connectivity index (χ2n) is 6.15. The van der Waals surface area contributed by atoms with Crippen LogP contribution in [0.4, 0.5) is 0 Å². The molecule has 0 aliphatic carbocycles. The van der Waals surface area contributed by atoms with Gasteiger partial charge in [0.2, 0.25) is 0 Å². The van der Waals surface area contributed by atoms with Crippen LogP contribution in [0.25, 0.3) is 0 Å². The Morgan fingerprint density at radius 2 is 2.20 bits per heavy atom. The molecule has 1 unspecified atom stereocenters. The molecule has 2 rings (SSSR count). The molecule has 1 fully saturated rings. The van der Waals surface area contributed by atoms with Crippen LogP contribution in [0, 0.1) is 0 Å². The van der Waals surface area contributed by atoms with Crippen molar-refractivity contribution in [2.75, 3.05) is 25.4 Å². The molecule has 1 aliphatic rings. The predicted molar refractivity (Wildman–Crippen MR) is 93.3 cm³/mol. The maximum atomic E-state index is 6.32. The Morgan fingerprint density at radius 1 is 1.40 bits per heavy atom. The molecule has 0 aromatic heterocycles. The van der Waals surface area contributed by atoms with Crippen molar-refractivity contribution in [3.05, 3.63) is 34.3 Å². The van der Waals surface area contributed by atoms with E-state index in [4.69, 9.17) is 5.73 Å². The summed E-state index contributed by atoms with van der Waals surface area (Å²) in [6.07, 6.45) is 2.30. The van der Waals surface area contributed by atoms with Crippen LogP contribution >= 0.6 is 27.7 Å². The quantitative estimate of drug-likeness (QED) is 0.881. The zero-order chi connectivity index (χ0) is 14.6. The van der Waals surface area contributed by atoms with Crippen LogP contribution in [-0.4, -0.2) is 35.0 Å². The summed E-state index contributed by atoms with van der Waals surface area (Å²) in [4.78, 5) is 2.57. The molecule has 0 spiro atoms. The van der Waals surface area contributed by atoms with Crippen molar-refractivity contribution < 1.29 is 0 Å². The molecule has 1 aliphatic heterocycles. The molecular weight excluding hydrogens is 332 g/mol. The number of hydrogen-bond donors (Lipinski definition) is 1. The number of nitrogens with two attached hydrogens (primary N) is 1. The van der Waals surface area contributed by atoms with Crippen molar-refractivity contribution in [3.63, 3.8) is 0 Å². The van der Waals surface area contributed by atoms with Gasteiger partial charge in [-0.1, -0.05) is 41.9 Å². The third-order valence-electron chi connectivity index (χ3n) is 3.96. The van der Waals surface area contributed by atoms with Gasteiger partial charge in [0.15, 0.2) is 0 Å². The van der Waals surface area contributed by atoms with Gasteiger partial charge in [-0.3, -0.25) is 0 Å². The summed E-state index contributed by atoms with van der Waals surface area (Å²) in [5.41, 5.74) is 7.55. The van der Waals surface area contributed by atoms with E-state index in [-0.39, 0.29) is 6.04 Å². The lowest BCUT2D eigenvalue weighted by molar-refractivity contribution is 0.273. The Kier molecular flexibility index (Phi) is 5.96. The molecule has 4 heteroatoms. The number of benzene rings is 1. The van der Waals surface area contributed by atoms with E-state index in [1.807, 2.05) is 6.07 Å². The van der Waals surface area contributed by atoms with E-state index in [0.29, 0.717) is 4.75 Å². The first-order valence-corrected chi connectivity index (χ1v) is 9.11. The highest BCUT2D eigenvalue weighted by molar-refractivity contribution is 9.10. The van der Waals surface area contributed by atoms with E-state index in [0.717, 1.165) is 17.4 Å². The molecule has 20 heavy (non-hydrogen) atoms. The van der Waals surface area contributed by atoms with Crippen LogP contribution in [0.1, 0.15) is 38.3 Å². The number of nitrogens with zero attached hydrogens (tertiary/aromatic N) is 1. The maximum Gasteiger partial charge on any atom is 0.0307 e.